The van der Waals surface area contributed by atoms with Crippen LogP contribution in [-0.4, -0.2) is 21.7 Å². The summed E-state index contributed by atoms with van der Waals surface area (Å²) in [5.41, 5.74) is 4.45. The second-order valence-corrected chi connectivity index (χ2v) is 8.56. The fraction of sp³-hybridized carbons (Fsp3) is 0.207. The van der Waals surface area contributed by atoms with E-state index in [-0.39, 0.29) is 6.42 Å². The van der Waals surface area contributed by atoms with Crippen LogP contribution in [0, 0.1) is 6.92 Å². The number of carboxylic acid groups (broad SMARTS) is 1. The van der Waals surface area contributed by atoms with E-state index in [0.29, 0.717) is 17.9 Å². The van der Waals surface area contributed by atoms with E-state index in [2.05, 4.69) is 0 Å². The van der Waals surface area contributed by atoms with Gasteiger partial charge in [0.15, 0.2) is 6.10 Å². The van der Waals surface area contributed by atoms with Crippen molar-refractivity contribution in [1.29, 1.82) is 0 Å². The zero-order chi connectivity index (χ0) is 25.9. The summed E-state index contributed by atoms with van der Waals surface area (Å²) < 4.78 is 46.9. The van der Waals surface area contributed by atoms with Crippen LogP contribution in [0.15, 0.2) is 84.9 Å². The molecule has 7 heteroatoms. The quantitative estimate of drug-likeness (QED) is 0.285. The zero-order valence-electron chi connectivity index (χ0n) is 19.9. The fourth-order valence-electron chi connectivity index (χ4n) is 4.28. The number of halogens is 3. The number of aliphatic carboxylic acids is 1. The topological polar surface area (TPSA) is 51.5 Å². The van der Waals surface area contributed by atoms with Crippen molar-refractivity contribution in [3.63, 3.8) is 0 Å². The second kappa shape index (κ2) is 10.3. The Morgan fingerprint density at radius 3 is 2.17 bits per heavy atom. The first-order valence-electron chi connectivity index (χ1n) is 11.6. The van der Waals surface area contributed by atoms with Crippen LogP contribution in [0.1, 0.15) is 29.3 Å². The molecular formula is C29H26F3NO3. The summed E-state index contributed by atoms with van der Waals surface area (Å²) in [6, 6.07) is 23.5. The summed E-state index contributed by atoms with van der Waals surface area (Å²) in [6.45, 7) is 3.95. The van der Waals surface area contributed by atoms with Crippen LogP contribution in [0.3, 0.4) is 0 Å². The summed E-state index contributed by atoms with van der Waals surface area (Å²) in [6.07, 6.45) is -4.51. The number of rotatable bonds is 8. The lowest BCUT2D eigenvalue weighted by molar-refractivity contribution is -0.145. The van der Waals surface area contributed by atoms with E-state index in [1.807, 2.05) is 66.9 Å². The Kier molecular flexibility index (Phi) is 7.20. The third-order valence-electron chi connectivity index (χ3n) is 6.03. The van der Waals surface area contributed by atoms with Gasteiger partial charge in [0, 0.05) is 17.8 Å². The number of hydrogen-bond donors (Lipinski definition) is 1. The SMILES string of the molecule is CCc1cc(C)c(-c2ccc(O[C@H](Cc3ccccc3)C(=O)O)cc2)n1-c1ccc(C(F)(F)F)cc1. The first-order valence-corrected chi connectivity index (χ1v) is 11.6. The van der Waals surface area contributed by atoms with E-state index in [0.717, 1.165) is 40.2 Å². The predicted molar refractivity (Wildman–Crippen MR) is 133 cm³/mol. The Labute approximate surface area is 207 Å². The van der Waals surface area contributed by atoms with Crippen LogP contribution in [0.2, 0.25) is 0 Å². The van der Waals surface area contributed by atoms with Gasteiger partial charge in [-0.25, -0.2) is 4.79 Å². The highest BCUT2D eigenvalue weighted by Gasteiger charge is 2.30. The minimum atomic E-state index is -4.40. The first kappa shape index (κ1) is 25.1. The number of aryl methyl sites for hydroxylation is 2. The first-order chi connectivity index (χ1) is 17.2. The Bertz CT molecular complexity index is 1330. The van der Waals surface area contributed by atoms with Gasteiger partial charge in [-0.05, 0) is 84.6 Å². The van der Waals surface area contributed by atoms with Crippen LogP contribution in [0.25, 0.3) is 16.9 Å². The van der Waals surface area contributed by atoms with Crippen molar-refractivity contribution in [3.8, 4) is 22.7 Å². The number of benzene rings is 3. The minimum absolute atomic E-state index is 0.230. The molecule has 0 bridgehead atoms. The van der Waals surface area contributed by atoms with E-state index in [4.69, 9.17) is 4.74 Å². The number of aromatic nitrogens is 1. The van der Waals surface area contributed by atoms with E-state index in [1.54, 1.807) is 12.1 Å². The summed E-state index contributed by atoms with van der Waals surface area (Å²) in [5.74, 6) is -0.634. The molecule has 1 atom stereocenters. The molecule has 0 radical (unpaired) electrons. The lowest BCUT2D eigenvalue weighted by atomic mass is 10.1. The van der Waals surface area contributed by atoms with Gasteiger partial charge < -0.3 is 14.4 Å². The molecule has 0 aliphatic heterocycles. The highest BCUT2D eigenvalue weighted by Crippen LogP contribution is 2.34. The summed E-state index contributed by atoms with van der Waals surface area (Å²) in [7, 11) is 0. The molecule has 0 aliphatic carbocycles. The number of carbonyl (C=O) groups is 1. The van der Waals surface area contributed by atoms with Crippen LogP contribution in [0.4, 0.5) is 13.2 Å². The van der Waals surface area contributed by atoms with Crippen molar-refractivity contribution in [1.82, 2.24) is 4.57 Å². The normalized spacial score (nSPS) is 12.4. The minimum Gasteiger partial charge on any atom is -0.478 e. The van der Waals surface area contributed by atoms with Gasteiger partial charge in [0.1, 0.15) is 5.75 Å². The number of hydrogen-bond acceptors (Lipinski definition) is 2. The van der Waals surface area contributed by atoms with Crippen molar-refractivity contribution in [2.24, 2.45) is 0 Å². The Morgan fingerprint density at radius 2 is 1.61 bits per heavy atom. The molecule has 4 aromatic rings. The zero-order valence-corrected chi connectivity index (χ0v) is 19.9. The molecule has 36 heavy (non-hydrogen) atoms. The van der Waals surface area contributed by atoms with E-state index >= 15 is 0 Å². The molecule has 4 nitrogen and oxygen atoms in total. The van der Waals surface area contributed by atoms with Gasteiger partial charge in [0.05, 0.1) is 11.3 Å². The molecule has 3 aromatic carbocycles. The molecular weight excluding hydrogens is 467 g/mol. The maximum absolute atomic E-state index is 13.1. The average molecular weight is 494 g/mol. The molecule has 4 rings (SSSR count). The molecule has 0 unspecified atom stereocenters. The lowest BCUT2D eigenvalue weighted by Crippen LogP contribution is -2.29. The third-order valence-corrected chi connectivity index (χ3v) is 6.03. The second-order valence-electron chi connectivity index (χ2n) is 8.56. The molecule has 1 N–H and O–H groups in total. The van der Waals surface area contributed by atoms with Gasteiger partial charge >= 0.3 is 12.1 Å². The van der Waals surface area contributed by atoms with Crippen molar-refractivity contribution in [2.45, 2.75) is 39.0 Å². The monoisotopic (exact) mass is 493 g/mol. The summed E-state index contributed by atoms with van der Waals surface area (Å²) >= 11 is 0. The van der Waals surface area contributed by atoms with Crippen LogP contribution >= 0.6 is 0 Å². The molecule has 0 saturated carbocycles. The molecule has 1 aromatic heterocycles. The Morgan fingerprint density at radius 1 is 0.972 bits per heavy atom. The molecule has 0 amide bonds. The highest BCUT2D eigenvalue weighted by atomic mass is 19.4. The molecule has 1 heterocycles. The lowest BCUT2D eigenvalue weighted by Gasteiger charge is -2.17. The number of nitrogens with zero attached hydrogens (tertiary/aromatic N) is 1. The van der Waals surface area contributed by atoms with Gasteiger partial charge in [-0.3, -0.25) is 0 Å². The average Bonchev–Trinajstić information content (AvgIpc) is 3.20. The smallest absolute Gasteiger partial charge is 0.416 e. The van der Waals surface area contributed by atoms with Crippen LogP contribution < -0.4 is 4.74 Å². The summed E-state index contributed by atoms with van der Waals surface area (Å²) in [5, 5.41) is 9.63. The number of carboxylic acids is 1. The van der Waals surface area contributed by atoms with Gasteiger partial charge in [0.2, 0.25) is 0 Å². The van der Waals surface area contributed by atoms with E-state index < -0.39 is 23.8 Å². The van der Waals surface area contributed by atoms with Crippen molar-refractivity contribution in [2.75, 3.05) is 0 Å². The molecule has 186 valence electrons. The number of alkyl halides is 3. The van der Waals surface area contributed by atoms with Crippen molar-refractivity contribution < 1.29 is 27.8 Å². The third kappa shape index (κ3) is 5.46. The molecule has 0 spiro atoms. The maximum Gasteiger partial charge on any atom is 0.416 e. The maximum atomic E-state index is 13.1. The predicted octanol–water partition coefficient (Wildman–Crippen LogP) is 7.11. The van der Waals surface area contributed by atoms with Crippen LogP contribution in [-0.2, 0) is 23.8 Å². The van der Waals surface area contributed by atoms with Crippen molar-refractivity contribution in [3.05, 3.63) is 107 Å². The highest BCUT2D eigenvalue weighted by molar-refractivity contribution is 5.73. The van der Waals surface area contributed by atoms with E-state index in [9.17, 15) is 23.1 Å². The van der Waals surface area contributed by atoms with Crippen molar-refractivity contribution >= 4 is 5.97 Å². The summed E-state index contributed by atoms with van der Waals surface area (Å²) in [4.78, 5) is 11.8. The Balaban J connectivity index is 1.63. The standard InChI is InChI=1S/C29H26F3NO3/c1-3-23-17-19(2)27(33(23)24-13-11-22(12-14-24)29(30,31)32)21-9-15-25(16-10-21)36-26(28(34)35)18-20-7-5-4-6-8-20/h4-17,26H,3,18H2,1-2H3,(H,34,35)/t26-/m1/s1. The molecule has 0 saturated heterocycles. The number of ether oxygens (including phenoxy) is 1. The molecule has 0 aliphatic rings. The Hall–Kier alpha value is -4.00. The van der Waals surface area contributed by atoms with E-state index in [1.165, 1.54) is 12.1 Å². The molecule has 0 fully saturated rings. The van der Waals surface area contributed by atoms with Gasteiger partial charge in [-0.2, -0.15) is 13.2 Å². The van der Waals surface area contributed by atoms with Gasteiger partial charge in [-0.15, -0.1) is 0 Å². The van der Waals surface area contributed by atoms with Gasteiger partial charge in [0.25, 0.3) is 0 Å². The van der Waals surface area contributed by atoms with Gasteiger partial charge in [-0.1, -0.05) is 37.3 Å². The largest absolute Gasteiger partial charge is 0.478 e. The van der Waals surface area contributed by atoms with Crippen LogP contribution in [0.5, 0.6) is 5.75 Å². The fourth-order valence-corrected chi connectivity index (χ4v) is 4.28.